The SMILES string of the molecule is CC(=O)C(N=Nc1cccc(C(=O)Nc2ccccc2C(C)Cl)c1Cl)C(=O)Nc1ccc(NC(=O)C(N=Nc2cccc(C(=O)Nc3ccccc3C(C)Cl)c2Cl)C(C)=O)c(OCCl)c1. The predicted octanol–water partition coefficient (Wildman–Crippen LogP) is 12.0. The molecule has 0 aliphatic carbocycles. The van der Waals surface area contributed by atoms with E-state index in [0.29, 0.717) is 22.5 Å². The number of anilines is 4. The number of alkyl halides is 3. The van der Waals surface area contributed by atoms with Crippen LogP contribution in [0.15, 0.2) is 124 Å². The number of amides is 4. The van der Waals surface area contributed by atoms with E-state index in [2.05, 4.69) is 41.7 Å². The highest BCUT2D eigenvalue weighted by atomic mass is 35.5. The van der Waals surface area contributed by atoms with Crippen LogP contribution in [0.4, 0.5) is 34.1 Å². The summed E-state index contributed by atoms with van der Waals surface area (Å²) in [6, 6.07) is 23.2. The normalized spacial score (nSPS) is 13.1. The summed E-state index contributed by atoms with van der Waals surface area (Å²) in [4.78, 5) is 78.6. The Morgan fingerprint density at radius 1 is 0.569 bits per heavy atom. The first kappa shape index (κ1) is 49.8. The van der Waals surface area contributed by atoms with Gasteiger partial charge in [-0.2, -0.15) is 20.5 Å². The zero-order chi connectivity index (χ0) is 47.4. The number of rotatable bonds is 18. The van der Waals surface area contributed by atoms with Gasteiger partial charge in [0.25, 0.3) is 23.6 Å². The zero-order valence-electron chi connectivity index (χ0n) is 34.9. The lowest BCUT2D eigenvalue weighted by molar-refractivity contribution is -0.127. The van der Waals surface area contributed by atoms with Gasteiger partial charge in [0.1, 0.15) is 17.1 Å². The lowest BCUT2D eigenvalue weighted by Crippen LogP contribution is -2.32. The quantitative estimate of drug-likeness (QED) is 0.0379. The van der Waals surface area contributed by atoms with Crippen LogP contribution in [0.3, 0.4) is 0 Å². The Morgan fingerprint density at radius 2 is 1.02 bits per heavy atom. The molecular weight excluding hydrogens is 942 g/mol. The van der Waals surface area contributed by atoms with E-state index in [1.165, 1.54) is 54.6 Å². The number of benzene rings is 5. The molecule has 0 spiro atoms. The molecule has 15 nitrogen and oxygen atoms in total. The van der Waals surface area contributed by atoms with Crippen LogP contribution in [-0.2, 0) is 19.2 Å². The van der Waals surface area contributed by atoms with Gasteiger partial charge in [-0.25, -0.2) is 0 Å². The Morgan fingerprint density at radius 3 is 1.45 bits per heavy atom. The first-order valence-electron chi connectivity index (χ1n) is 19.4. The minimum absolute atomic E-state index is 0.00564. The van der Waals surface area contributed by atoms with E-state index in [4.69, 9.17) is 62.7 Å². The van der Waals surface area contributed by atoms with Crippen molar-refractivity contribution < 1.29 is 33.5 Å². The molecule has 0 aliphatic heterocycles. The number of halogens is 5. The molecule has 0 saturated carbocycles. The van der Waals surface area contributed by atoms with Gasteiger partial charge in [-0.3, -0.25) is 28.8 Å². The second kappa shape index (κ2) is 23.1. The molecule has 5 rings (SSSR count). The minimum Gasteiger partial charge on any atom is -0.476 e. The monoisotopic (exact) mass is 978 g/mol. The molecule has 4 N–H and O–H groups in total. The van der Waals surface area contributed by atoms with E-state index in [9.17, 15) is 28.8 Å². The second-order valence-corrected chi connectivity index (χ2v) is 16.3. The fourth-order valence-electron chi connectivity index (χ4n) is 6.01. The smallest absolute Gasteiger partial charge is 0.258 e. The molecule has 336 valence electrons. The first-order chi connectivity index (χ1) is 31.0. The number of nitrogens with zero attached hydrogens (tertiary/aromatic N) is 4. The summed E-state index contributed by atoms with van der Waals surface area (Å²) in [6.45, 7) is 5.80. The van der Waals surface area contributed by atoms with Gasteiger partial charge in [0.05, 0.1) is 37.6 Å². The van der Waals surface area contributed by atoms with E-state index >= 15 is 0 Å². The van der Waals surface area contributed by atoms with E-state index in [1.54, 1.807) is 62.4 Å². The highest BCUT2D eigenvalue weighted by Gasteiger charge is 2.27. The van der Waals surface area contributed by atoms with Crippen LogP contribution in [-0.4, -0.2) is 53.3 Å². The van der Waals surface area contributed by atoms with Crippen molar-refractivity contribution in [3.05, 3.63) is 135 Å². The molecule has 0 heterocycles. The number of carbonyl (C=O) groups excluding carboxylic acids is 6. The van der Waals surface area contributed by atoms with Gasteiger partial charge in [-0.1, -0.05) is 83.3 Å². The molecule has 4 atom stereocenters. The molecular formula is C45H39Cl5N8O7. The maximum atomic E-state index is 13.5. The molecule has 0 aromatic heterocycles. The number of Topliss-reactive ketones (excluding diaryl/α,β-unsaturated/α-hetero) is 2. The fourth-order valence-corrected chi connectivity index (χ4v) is 7.01. The average Bonchev–Trinajstić information content (AvgIpc) is 3.25. The number of carbonyl (C=O) groups is 6. The van der Waals surface area contributed by atoms with E-state index in [0.717, 1.165) is 13.8 Å². The summed E-state index contributed by atoms with van der Waals surface area (Å²) >= 11 is 31.5. The van der Waals surface area contributed by atoms with Gasteiger partial charge in [-0.15, -0.1) is 23.2 Å². The van der Waals surface area contributed by atoms with Gasteiger partial charge in [0.2, 0.25) is 12.1 Å². The third-order valence-electron chi connectivity index (χ3n) is 9.27. The molecule has 0 radical (unpaired) electrons. The van der Waals surface area contributed by atoms with Gasteiger partial charge in [0.15, 0.2) is 17.6 Å². The lowest BCUT2D eigenvalue weighted by atomic mass is 10.1. The standard InChI is InChI=1S/C45H39Cl5N8O7/c1-23(47)28-11-5-7-15-32(28)52-42(61)30-13-9-17-35(38(30)49)55-57-40(25(3)59)44(63)51-27-19-20-34(37(21-27)65-22-46)54-45(64)41(26(4)60)58-56-36-18-10-14-31(39(36)50)43(62)53-33-16-8-6-12-29(33)24(2)48/h5-21,23-24,40-41H,22H2,1-4H3,(H,51,63)(H,52,61)(H,53,62)(H,54,64). The van der Waals surface area contributed by atoms with Crippen molar-refractivity contribution in [2.75, 3.05) is 27.3 Å². The van der Waals surface area contributed by atoms with E-state index in [-0.39, 0.29) is 60.4 Å². The van der Waals surface area contributed by atoms with Crippen molar-refractivity contribution in [1.82, 2.24) is 0 Å². The zero-order valence-corrected chi connectivity index (χ0v) is 38.6. The third kappa shape index (κ3) is 13.0. The van der Waals surface area contributed by atoms with Crippen LogP contribution in [0.5, 0.6) is 5.75 Å². The molecule has 65 heavy (non-hydrogen) atoms. The average molecular weight is 981 g/mol. The van der Waals surface area contributed by atoms with Crippen LogP contribution in [0, 0.1) is 0 Å². The molecule has 4 amide bonds. The van der Waals surface area contributed by atoms with Crippen molar-refractivity contribution in [2.45, 2.75) is 50.5 Å². The number of para-hydroxylation sites is 2. The van der Waals surface area contributed by atoms with Gasteiger partial charge >= 0.3 is 0 Å². The highest BCUT2D eigenvalue weighted by molar-refractivity contribution is 6.37. The molecule has 0 bridgehead atoms. The Hall–Kier alpha value is -6.23. The topological polar surface area (TPSA) is 209 Å². The predicted molar refractivity (Wildman–Crippen MR) is 253 cm³/mol. The Balaban J connectivity index is 1.29. The van der Waals surface area contributed by atoms with Gasteiger partial charge in [0, 0.05) is 23.1 Å². The number of hydrogen-bond acceptors (Lipinski definition) is 11. The van der Waals surface area contributed by atoms with Gasteiger partial charge in [-0.05, 0) is 87.4 Å². The number of ketones is 2. The van der Waals surface area contributed by atoms with Gasteiger partial charge < -0.3 is 26.0 Å². The number of hydrogen-bond donors (Lipinski definition) is 4. The third-order valence-corrected chi connectivity index (χ3v) is 10.6. The van der Waals surface area contributed by atoms with Crippen molar-refractivity contribution in [3.63, 3.8) is 0 Å². The van der Waals surface area contributed by atoms with Crippen molar-refractivity contribution in [3.8, 4) is 5.75 Å². The Bertz CT molecular complexity index is 2700. The molecule has 4 unspecified atom stereocenters. The molecule has 0 saturated heterocycles. The summed E-state index contributed by atoms with van der Waals surface area (Å²) < 4.78 is 5.49. The van der Waals surface area contributed by atoms with E-state index < -0.39 is 53.3 Å². The maximum Gasteiger partial charge on any atom is 0.258 e. The summed E-state index contributed by atoms with van der Waals surface area (Å²) in [6.07, 6.45) is 0. The molecule has 5 aromatic rings. The molecule has 0 aliphatic rings. The van der Waals surface area contributed by atoms with Crippen molar-refractivity contribution in [1.29, 1.82) is 0 Å². The van der Waals surface area contributed by atoms with Crippen LogP contribution in [0.2, 0.25) is 10.0 Å². The lowest BCUT2D eigenvalue weighted by Gasteiger charge is -2.16. The molecule has 20 heteroatoms. The summed E-state index contributed by atoms with van der Waals surface area (Å²) in [7, 11) is 0. The van der Waals surface area contributed by atoms with Crippen molar-refractivity contribution >= 4 is 127 Å². The molecule has 0 fully saturated rings. The highest BCUT2D eigenvalue weighted by Crippen LogP contribution is 2.35. The first-order valence-corrected chi connectivity index (χ1v) is 21.6. The number of azo groups is 2. The fraction of sp³-hybridized carbons (Fsp3) is 0.200. The Kier molecular flexibility index (Phi) is 17.7. The van der Waals surface area contributed by atoms with Crippen LogP contribution >= 0.6 is 58.0 Å². The van der Waals surface area contributed by atoms with E-state index in [1.807, 2.05) is 0 Å². The summed E-state index contributed by atoms with van der Waals surface area (Å²) in [5, 5.41) is 25.7. The summed E-state index contributed by atoms with van der Waals surface area (Å²) in [5.41, 5.74) is 2.61. The maximum absolute atomic E-state index is 13.5. The van der Waals surface area contributed by atoms with Crippen LogP contribution in [0.25, 0.3) is 0 Å². The largest absolute Gasteiger partial charge is 0.476 e. The minimum atomic E-state index is -1.68. The molecule has 5 aromatic carbocycles. The number of ether oxygens (including phenoxy) is 1. The van der Waals surface area contributed by atoms with Crippen LogP contribution in [0.1, 0.15) is 70.3 Å². The second-order valence-electron chi connectivity index (χ2n) is 14.0. The summed E-state index contributed by atoms with van der Waals surface area (Å²) in [5.74, 6) is -4.31. The Labute approximate surface area is 398 Å². The van der Waals surface area contributed by atoms with Crippen LogP contribution < -0.4 is 26.0 Å². The van der Waals surface area contributed by atoms with Crippen molar-refractivity contribution in [2.24, 2.45) is 20.5 Å². The number of nitrogens with one attached hydrogen (secondary N) is 4.